The lowest BCUT2D eigenvalue weighted by Crippen LogP contribution is -2.30. The summed E-state index contributed by atoms with van der Waals surface area (Å²) in [6, 6.07) is 53.3. The summed E-state index contributed by atoms with van der Waals surface area (Å²) in [6.45, 7) is 6.41. The number of nitrogens with zero attached hydrogens (tertiary/aromatic N) is 2. The van der Waals surface area contributed by atoms with Gasteiger partial charge >= 0.3 is 0 Å². The van der Waals surface area contributed by atoms with E-state index < -0.39 is 0 Å². The summed E-state index contributed by atoms with van der Waals surface area (Å²) in [5, 5.41) is 0. The lowest BCUT2D eigenvalue weighted by molar-refractivity contribution is 0.346. The molecule has 0 aromatic heterocycles. The number of hydrogen-bond donors (Lipinski definition) is 1. The van der Waals surface area contributed by atoms with Gasteiger partial charge in [0, 0.05) is 45.2 Å². The molecule has 1 aliphatic carbocycles. The zero-order valence-electron chi connectivity index (χ0n) is 28.4. The third kappa shape index (κ3) is 6.33. The van der Waals surface area contributed by atoms with Crippen molar-refractivity contribution in [3.8, 4) is 0 Å². The fourth-order valence-corrected chi connectivity index (χ4v) is 7.36. The van der Waals surface area contributed by atoms with Crippen molar-refractivity contribution in [2.75, 3.05) is 15.5 Å². The van der Waals surface area contributed by atoms with Crippen LogP contribution in [-0.4, -0.2) is 0 Å². The number of anilines is 7. The maximum Gasteiger partial charge on any atom is 0.0463 e. The van der Waals surface area contributed by atoms with Crippen molar-refractivity contribution in [3.63, 3.8) is 0 Å². The van der Waals surface area contributed by atoms with E-state index in [1.54, 1.807) is 0 Å². The Hall–Kier alpha value is -5.28. The van der Waals surface area contributed by atoms with Crippen LogP contribution < -0.4 is 15.5 Å². The van der Waals surface area contributed by atoms with Crippen LogP contribution in [0.15, 0.2) is 146 Å². The molecule has 0 amide bonds. The van der Waals surface area contributed by atoms with Crippen molar-refractivity contribution in [1.82, 2.24) is 0 Å². The van der Waals surface area contributed by atoms with Gasteiger partial charge < -0.3 is 15.5 Å². The van der Waals surface area contributed by atoms with Gasteiger partial charge in [-0.3, -0.25) is 0 Å². The highest BCUT2D eigenvalue weighted by Crippen LogP contribution is 2.47. The quantitative estimate of drug-likeness (QED) is 0.170. The largest absolute Gasteiger partial charge is 0.399 e. The van der Waals surface area contributed by atoms with E-state index in [1.165, 1.54) is 64.1 Å². The van der Waals surface area contributed by atoms with Crippen molar-refractivity contribution < 1.29 is 0 Å². The van der Waals surface area contributed by atoms with E-state index in [0.717, 1.165) is 35.6 Å². The van der Waals surface area contributed by atoms with Crippen LogP contribution in [0.2, 0.25) is 0 Å². The molecule has 7 rings (SSSR count). The van der Waals surface area contributed by atoms with Crippen molar-refractivity contribution in [3.05, 3.63) is 173 Å². The summed E-state index contributed by atoms with van der Waals surface area (Å²) >= 11 is 0. The minimum atomic E-state index is -0.0102. The smallest absolute Gasteiger partial charge is 0.0463 e. The Morgan fingerprint density at radius 3 is 0.958 bits per heavy atom. The number of nitrogens with two attached hydrogens (primary N) is 1. The van der Waals surface area contributed by atoms with Gasteiger partial charge in [0.25, 0.3) is 0 Å². The first-order valence-electron chi connectivity index (χ1n) is 17.3. The van der Waals surface area contributed by atoms with Crippen molar-refractivity contribution in [2.24, 2.45) is 0 Å². The molecule has 2 N–H and O–H groups in total. The van der Waals surface area contributed by atoms with Crippen molar-refractivity contribution in [1.29, 1.82) is 0 Å². The maximum atomic E-state index is 6.07. The number of benzene rings is 6. The summed E-state index contributed by atoms with van der Waals surface area (Å²) in [5.74, 6) is 0. The molecule has 0 heterocycles. The topological polar surface area (TPSA) is 32.5 Å². The Labute approximate surface area is 286 Å². The molecule has 48 heavy (non-hydrogen) atoms. The van der Waals surface area contributed by atoms with Crippen molar-refractivity contribution in [2.45, 2.75) is 58.3 Å². The molecule has 0 radical (unpaired) electrons. The molecule has 3 nitrogen and oxygen atoms in total. The van der Waals surface area contributed by atoms with Crippen LogP contribution in [0.1, 0.15) is 59.9 Å². The predicted molar refractivity (Wildman–Crippen MR) is 205 cm³/mol. The molecular formula is C45H45N3. The van der Waals surface area contributed by atoms with E-state index in [4.69, 9.17) is 5.73 Å². The molecule has 6 aromatic rings. The minimum Gasteiger partial charge on any atom is -0.399 e. The second-order valence-electron chi connectivity index (χ2n) is 13.5. The van der Waals surface area contributed by atoms with Gasteiger partial charge in [-0.05, 0) is 130 Å². The molecule has 240 valence electrons. The van der Waals surface area contributed by atoms with Gasteiger partial charge in [0.15, 0.2) is 0 Å². The van der Waals surface area contributed by atoms with E-state index in [9.17, 15) is 0 Å². The van der Waals surface area contributed by atoms with Gasteiger partial charge in [-0.15, -0.1) is 0 Å². The van der Waals surface area contributed by atoms with Gasteiger partial charge in [-0.25, -0.2) is 0 Å². The molecule has 0 aliphatic heterocycles. The second kappa shape index (κ2) is 13.4. The average Bonchev–Trinajstić information content (AvgIpc) is 3.13. The molecule has 1 fully saturated rings. The molecule has 6 aromatic carbocycles. The second-order valence-corrected chi connectivity index (χ2v) is 13.5. The molecule has 3 heteroatoms. The average molecular weight is 628 g/mol. The van der Waals surface area contributed by atoms with Gasteiger partial charge in [0.1, 0.15) is 0 Å². The Kier molecular flexibility index (Phi) is 8.78. The Morgan fingerprint density at radius 1 is 0.375 bits per heavy atom. The monoisotopic (exact) mass is 627 g/mol. The Balaban J connectivity index is 1.25. The van der Waals surface area contributed by atoms with Crippen molar-refractivity contribution >= 4 is 39.8 Å². The van der Waals surface area contributed by atoms with Crippen LogP contribution >= 0.6 is 0 Å². The van der Waals surface area contributed by atoms with Gasteiger partial charge in [-0.1, -0.05) is 96.6 Å². The molecular weight excluding hydrogens is 583 g/mol. The first-order valence-corrected chi connectivity index (χ1v) is 17.3. The molecule has 1 aliphatic rings. The van der Waals surface area contributed by atoms with Crippen LogP contribution in [-0.2, 0) is 5.41 Å². The highest BCUT2D eigenvalue weighted by atomic mass is 15.1. The molecule has 0 bridgehead atoms. The minimum absolute atomic E-state index is 0.0102. The number of nitrogen functional groups attached to an aromatic ring is 1. The maximum absolute atomic E-state index is 6.07. The zero-order valence-corrected chi connectivity index (χ0v) is 28.4. The lowest BCUT2D eigenvalue weighted by Gasteiger charge is -2.39. The van der Waals surface area contributed by atoms with E-state index in [-0.39, 0.29) is 5.41 Å². The van der Waals surface area contributed by atoms with Crippen LogP contribution in [0.25, 0.3) is 0 Å². The third-order valence-electron chi connectivity index (χ3n) is 10.1. The molecule has 0 atom stereocenters. The zero-order chi connectivity index (χ0) is 33.1. The summed E-state index contributed by atoms with van der Waals surface area (Å²) in [7, 11) is 0. The van der Waals surface area contributed by atoms with Gasteiger partial charge in [-0.2, -0.15) is 0 Å². The Morgan fingerprint density at radius 2 is 0.646 bits per heavy atom. The lowest BCUT2D eigenvalue weighted by atomic mass is 9.65. The molecule has 0 spiro atoms. The fraction of sp³-hybridized carbons (Fsp3) is 0.200. The predicted octanol–water partition coefficient (Wildman–Crippen LogP) is 12.4. The number of hydrogen-bond acceptors (Lipinski definition) is 3. The summed E-state index contributed by atoms with van der Waals surface area (Å²) in [4.78, 5) is 4.68. The van der Waals surface area contributed by atoms with Gasteiger partial charge in [0.2, 0.25) is 0 Å². The van der Waals surface area contributed by atoms with Crippen LogP contribution in [0.5, 0.6) is 0 Å². The SMILES string of the molecule is Cc1ccc(N(c2ccc(C)cc2)c2ccc(C3(c4ccc(N(c5ccc(C)cc5)c5ccc(N)cc5)cc4)CCCCC3)cc2)cc1. The van der Waals surface area contributed by atoms with E-state index >= 15 is 0 Å². The highest BCUT2D eigenvalue weighted by Gasteiger charge is 2.36. The highest BCUT2D eigenvalue weighted by molar-refractivity contribution is 5.78. The summed E-state index contributed by atoms with van der Waals surface area (Å²) < 4.78 is 0. The normalized spacial score (nSPS) is 14.0. The summed E-state index contributed by atoms with van der Waals surface area (Å²) in [5.41, 5.74) is 20.3. The standard InChI is InChI=1S/C45H45N3/c1-33-7-19-39(20-8-33)47(40-21-9-34(2)10-22-40)42-25-13-36(14-26-42)45(31-5-4-6-32-45)37-15-27-43(28-16-37)48(41-23-11-35(3)12-24-41)44-29-17-38(46)18-30-44/h7-30H,4-6,31-32,46H2,1-3H3. The fourth-order valence-electron chi connectivity index (χ4n) is 7.36. The molecule has 1 saturated carbocycles. The van der Waals surface area contributed by atoms with Crippen LogP contribution in [0, 0.1) is 20.8 Å². The number of aryl methyl sites for hydroxylation is 3. The number of rotatable bonds is 8. The summed E-state index contributed by atoms with van der Waals surface area (Å²) in [6.07, 6.45) is 6.09. The third-order valence-corrected chi connectivity index (χ3v) is 10.1. The Bertz CT molecular complexity index is 1700. The van der Waals surface area contributed by atoms with E-state index in [1.807, 2.05) is 12.1 Å². The van der Waals surface area contributed by atoms with E-state index in [2.05, 4.69) is 164 Å². The molecule has 0 unspecified atom stereocenters. The van der Waals surface area contributed by atoms with Crippen LogP contribution in [0.3, 0.4) is 0 Å². The first-order chi connectivity index (χ1) is 23.4. The molecule has 0 saturated heterocycles. The van der Waals surface area contributed by atoms with E-state index in [0.29, 0.717) is 0 Å². The first kappa shape index (κ1) is 31.3. The van der Waals surface area contributed by atoms with Gasteiger partial charge in [0.05, 0.1) is 0 Å². The van der Waals surface area contributed by atoms with Crippen LogP contribution in [0.4, 0.5) is 39.8 Å².